The minimum atomic E-state index is -0.395. The fourth-order valence-electron chi connectivity index (χ4n) is 3.17. The number of hydrogen-bond acceptors (Lipinski definition) is 3. The van der Waals surface area contributed by atoms with Crippen LogP contribution in [0.5, 0.6) is 0 Å². The summed E-state index contributed by atoms with van der Waals surface area (Å²) in [6.45, 7) is 6.50. The average Bonchev–Trinajstić information content (AvgIpc) is 2.58. The van der Waals surface area contributed by atoms with Crippen LogP contribution in [-0.4, -0.2) is 12.1 Å². The third-order valence-electron chi connectivity index (χ3n) is 4.83. The fourth-order valence-corrected chi connectivity index (χ4v) is 3.17. The first-order valence-electron chi connectivity index (χ1n) is 9.07. The SMILES string of the molecule is CCCCC1CCC(OOC(=O)c2ccc(C(C)C)cc2)CC1. The van der Waals surface area contributed by atoms with E-state index in [1.165, 1.54) is 37.7 Å². The van der Waals surface area contributed by atoms with E-state index in [9.17, 15) is 4.79 Å². The van der Waals surface area contributed by atoms with Crippen LogP contribution in [0.4, 0.5) is 0 Å². The topological polar surface area (TPSA) is 35.5 Å². The van der Waals surface area contributed by atoms with E-state index in [0.717, 1.165) is 18.8 Å². The zero-order chi connectivity index (χ0) is 16.7. The van der Waals surface area contributed by atoms with Gasteiger partial charge in [0, 0.05) is 0 Å². The lowest BCUT2D eigenvalue weighted by Gasteiger charge is -2.27. The molecule has 1 aliphatic rings. The summed E-state index contributed by atoms with van der Waals surface area (Å²) in [6, 6.07) is 7.56. The molecule has 0 radical (unpaired) electrons. The summed E-state index contributed by atoms with van der Waals surface area (Å²) >= 11 is 0. The molecule has 1 fully saturated rings. The lowest BCUT2D eigenvalue weighted by atomic mass is 9.84. The Hall–Kier alpha value is -1.35. The molecular weight excluding hydrogens is 288 g/mol. The van der Waals surface area contributed by atoms with E-state index in [1.807, 2.05) is 24.3 Å². The highest BCUT2D eigenvalue weighted by Gasteiger charge is 2.23. The summed E-state index contributed by atoms with van der Waals surface area (Å²) in [6.07, 6.45) is 8.33. The van der Waals surface area contributed by atoms with Crippen LogP contribution in [0.25, 0.3) is 0 Å². The van der Waals surface area contributed by atoms with Crippen LogP contribution in [0.3, 0.4) is 0 Å². The van der Waals surface area contributed by atoms with Gasteiger partial charge in [-0.3, -0.25) is 4.89 Å². The van der Waals surface area contributed by atoms with Gasteiger partial charge in [0.2, 0.25) is 0 Å². The summed E-state index contributed by atoms with van der Waals surface area (Å²) in [5, 5.41) is 0. The van der Waals surface area contributed by atoms with Crippen LogP contribution in [0.15, 0.2) is 24.3 Å². The zero-order valence-corrected chi connectivity index (χ0v) is 14.7. The Morgan fingerprint density at radius 1 is 1.13 bits per heavy atom. The van der Waals surface area contributed by atoms with Crippen molar-refractivity contribution in [2.24, 2.45) is 5.92 Å². The van der Waals surface area contributed by atoms with E-state index in [2.05, 4.69) is 20.8 Å². The number of carbonyl (C=O) groups excluding carboxylic acids is 1. The molecule has 0 amide bonds. The second kappa shape index (κ2) is 9.07. The molecule has 0 aromatic heterocycles. The highest BCUT2D eigenvalue weighted by molar-refractivity contribution is 5.88. The Balaban J connectivity index is 1.72. The lowest BCUT2D eigenvalue weighted by molar-refractivity contribution is -0.280. The molecule has 3 heteroatoms. The molecule has 2 rings (SSSR count). The minimum Gasteiger partial charge on any atom is -0.293 e. The predicted octanol–water partition coefficient (Wildman–Crippen LogP) is 5.65. The molecule has 0 unspecified atom stereocenters. The van der Waals surface area contributed by atoms with Crippen molar-refractivity contribution in [3.05, 3.63) is 35.4 Å². The van der Waals surface area contributed by atoms with Gasteiger partial charge in [-0.1, -0.05) is 52.2 Å². The fraction of sp³-hybridized carbons (Fsp3) is 0.650. The van der Waals surface area contributed by atoms with Gasteiger partial charge in [-0.2, -0.15) is 4.89 Å². The number of carbonyl (C=O) groups is 1. The van der Waals surface area contributed by atoms with Crippen molar-refractivity contribution in [2.75, 3.05) is 0 Å². The third-order valence-corrected chi connectivity index (χ3v) is 4.83. The first kappa shape index (κ1) is 18.0. The normalized spacial score (nSPS) is 21.4. The van der Waals surface area contributed by atoms with Crippen molar-refractivity contribution >= 4 is 5.97 Å². The number of unbranched alkanes of at least 4 members (excludes halogenated alkanes) is 1. The van der Waals surface area contributed by atoms with E-state index in [1.54, 1.807) is 0 Å². The zero-order valence-electron chi connectivity index (χ0n) is 14.7. The van der Waals surface area contributed by atoms with Crippen molar-refractivity contribution < 1.29 is 14.6 Å². The highest BCUT2D eigenvalue weighted by Crippen LogP contribution is 2.30. The Morgan fingerprint density at radius 3 is 2.35 bits per heavy atom. The van der Waals surface area contributed by atoms with Crippen molar-refractivity contribution in [3.8, 4) is 0 Å². The maximum atomic E-state index is 12.0. The highest BCUT2D eigenvalue weighted by atomic mass is 17.2. The van der Waals surface area contributed by atoms with Crippen molar-refractivity contribution in [3.63, 3.8) is 0 Å². The van der Waals surface area contributed by atoms with Crippen molar-refractivity contribution in [1.82, 2.24) is 0 Å². The molecule has 3 nitrogen and oxygen atoms in total. The quantitative estimate of drug-likeness (QED) is 0.481. The van der Waals surface area contributed by atoms with Gasteiger partial charge in [-0.15, -0.1) is 0 Å². The molecule has 0 atom stereocenters. The second-order valence-corrected chi connectivity index (χ2v) is 7.03. The average molecular weight is 318 g/mol. The monoisotopic (exact) mass is 318 g/mol. The molecule has 1 aromatic carbocycles. The van der Waals surface area contributed by atoms with Gasteiger partial charge < -0.3 is 0 Å². The maximum absolute atomic E-state index is 12.0. The van der Waals surface area contributed by atoms with Gasteiger partial charge >= 0.3 is 5.97 Å². The van der Waals surface area contributed by atoms with E-state index in [-0.39, 0.29) is 6.10 Å². The molecular formula is C20H30O3. The van der Waals surface area contributed by atoms with Crippen LogP contribution < -0.4 is 0 Å². The van der Waals surface area contributed by atoms with Crippen LogP contribution in [0, 0.1) is 5.92 Å². The van der Waals surface area contributed by atoms with Gasteiger partial charge in [-0.05, 0) is 55.2 Å². The largest absolute Gasteiger partial charge is 0.373 e. The Labute approximate surface area is 140 Å². The standard InChI is InChI=1S/C20H30O3/c1-4-5-6-16-7-13-19(14-8-16)22-23-20(21)18-11-9-17(10-12-18)15(2)3/h9-12,15-16,19H,4-8,13-14H2,1-3H3. The molecule has 0 aliphatic heterocycles. The van der Waals surface area contributed by atoms with Gasteiger partial charge in [-0.25, -0.2) is 4.79 Å². The van der Waals surface area contributed by atoms with E-state index >= 15 is 0 Å². The molecule has 1 saturated carbocycles. The third kappa shape index (κ3) is 5.65. The lowest BCUT2D eigenvalue weighted by Crippen LogP contribution is -2.23. The number of benzene rings is 1. The van der Waals surface area contributed by atoms with E-state index in [0.29, 0.717) is 11.5 Å². The predicted molar refractivity (Wildman–Crippen MR) is 92.3 cm³/mol. The maximum Gasteiger partial charge on any atom is 0.373 e. The smallest absolute Gasteiger partial charge is 0.293 e. The summed E-state index contributed by atoms with van der Waals surface area (Å²) in [4.78, 5) is 22.5. The molecule has 1 aromatic rings. The first-order chi connectivity index (χ1) is 11.1. The van der Waals surface area contributed by atoms with Gasteiger partial charge in [0.25, 0.3) is 0 Å². The molecule has 128 valence electrons. The molecule has 0 saturated heterocycles. The van der Waals surface area contributed by atoms with Crippen LogP contribution >= 0.6 is 0 Å². The van der Waals surface area contributed by atoms with Gasteiger partial charge in [0.15, 0.2) is 0 Å². The van der Waals surface area contributed by atoms with Gasteiger partial charge in [0.05, 0.1) is 5.56 Å². The second-order valence-electron chi connectivity index (χ2n) is 7.03. The van der Waals surface area contributed by atoms with Crippen LogP contribution in [0.2, 0.25) is 0 Å². The Bertz CT molecular complexity index is 470. The minimum absolute atomic E-state index is 0.0618. The molecule has 1 aliphatic carbocycles. The molecule has 0 N–H and O–H groups in total. The summed E-state index contributed by atoms with van der Waals surface area (Å²) in [5.74, 6) is 0.890. The Kier molecular flexibility index (Phi) is 7.10. The number of hydrogen-bond donors (Lipinski definition) is 0. The summed E-state index contributed by atoms with van der Waals surface area (Å²) in [5.41, 5.74) is 1.76. The molecule has 0 spiro atoms. The van der Waals surface area contributed by atoms with Gasteiger partial charge in [0.1, 0.15) is 6.10 Å². The Morgan fingerprint density at radius 2 is 1.78 bits per heavy atom. The first-order valence-corrected chi connectivity index (χ1v) is 9.07. The van der Waals surface area contributed by atoms with E-state index in [4.69, 9.17) is 9.78 Å². The molecule has 0 heterocycles. The van der Waals surface area contributed by atoms with E-state index < -0.39 is 5.97 Å². The summed E-state index contributed by atoms with van der Waals surface area (Å²) < 4.78 is 0. The van der Waals surface area contributed by atoms with Crippen molar-refractivity contribution in [2.45, 2.75) is 77.7 Å². The molecule has 0 bridgehead atoms. The summed E-state index contributed by atoms with van der Waals surface area (Å²) in [7, 11) is 0. The number of rotatable bonds is 7. The van der Waals surface area contributed by atoms with Crippen LogP contribution in [0.1, 0.15) is 87.6 Å². The van der Waals surface area contributed by atoms with Crippen LogP contribution in [-0.2, 0) is 9.78 Å². The molecule has 23 heavy (non-hydrogen) atoms. The van der Waals surface area contributed by atoms with Crippen molar-refractivity contribution in [1.29, 1.82) is 0 Å².